The van der Waals surface area contributed by atoms with E-state index in [4.69, 9.17) is 11.6 Å². The van der Waals surface area contributed by atoms with Crippen LogP contribution in [0.25, 0.3) is 0 Å². The van der Waals surface area contributed by atoms with Gasteiger partial charge < -0.3 is 5.32 Å². The SMILES string of the molecule is O=[N+]([O-])c1cc([N+](=O)[O-])c(Nc2c(Br)c(Cl)c(C(F)(F)F)c(Br)c2Br)c(C(F)(F)F)c1. The molecule has 0 aliphatic carbocycles. The highest BCUT2D eigenvalue weighted by Gasteiger charge is 2.42. The monoisotopic (exact) mass is 663 g/mol. The highest BCUT2D eigenvalue weighted by molar-refractivity contribution is 9.13. The zero-order valence-electron chi connectivity index (χ0n) is 14.0. The van der Waals surface area contributed by atoms with Crippen molar-refractivity contribution in [1.82, 2.24) is 0 Å². The van der Waals surface area contributed by atoms with Gasteiger partial charge in [0, 0.05) is 10.5 Å². The highest BCUT2D eigenvalue weighted by Crippen LogP contribution is 2.52. The Hall–Kier alpha value is -1.65. The summed E-state index contributed by atoms with van der Waals surface area (Å²) in [6.45, 7) is 0. The average Bonchev–Trinajstić information content (AvgIpc) is 2.61. The fourth-order valence-electron chi connectivity index (χ4n) is 2.33. The third kappa shape index (κ3) is 5.06. The molecule has 168 valence electrons. The van der Waals surface area contributed by atoms with Crippen LogP contribution in [0.15, 0.2) is 25.6 Å². The summed E-state index contributed by atoms with van der Waals surface area (Å²) in [7, 11) is 0. The van der Waals surface area contributed by atoms with Crippen molar-refractivity contribution in [2.75, 3.05) is 5.32 Å². The van der Waals surface area contributed by atoms with Crippen molar-refractivity contribution in [3.8, 4) is 0 Å². The molecule has 31 heavy (non-hydrogen) atoms. The van der Waals surface area contributed by atoms with E-state index in [1.54, 1.807) is 0 Å². The van der Waals surface area contributed by atoms with Crippen LogP contribution in [0.2, 0.25) is 5.02 Å². The first-order chi connectivity index (χ1) is 14.0. The van der Waals surface area contributed by atoms with E-state index in [1.807, 2.05) is 5.32 Å². The van der Waals surface area contributed by atoms with Gasteiger partial charge >= 0.3 is 12.4 Å². The Balaban J connectivity index is 2.89. The van der Waals surface area contributed by atoms with E-state index in [9.17, 15) is 46.6 Å². The molecule has 0 saturated carbocycles. The second kappa shape index (κ2) is 8.71. The van der Waals surface area contributed by atoms with Gasteiger partial charge in [-0.15, -0.1) is 0 Å². The molecule has 1 N–H and O–H groups in total. The standard InChI is InChI=1S/C14H3Br3ClF6N3O4/c15-7-6(14(22,23)24)10(18)9(17)12(8(7)16)25-11-4(13(19,20)21)1-3(26(28)29)2-5(11)27(30)31/h1-2,25H. The molecule has 0 aliphatic rings. The molecule has 0 radical (unpaired) electrons. The first kappa shape index (κ1) is 25.6. The maximum Gasteiger partial charge on any atom is 0.419 e. The molecule has 2 aromatic carbocycles. The smallest absolute Gasteiger partial charge is 0.347 e. The van der Waals surface area contributed by atoms with E-state index in [-0.39, 0.29) is 12.1 Å². The quantitative estimate of drug-likeness (QED) is 0.154. The van der Waals surface area contributed by atoms with Crippen molar-refractivity contribution in [2.24, 2.45) is 0 Å². The Kier molecular flexibility index (Phi) is 7.19. The number of alkyl halides is 6. The van der Waals surface area contributed by atoms with E-state index in [2.05, 4.69) is 47.8 Å². The molecular weight excluding hydrogens is 663 g/mol. The molecule has 0 saturated heterocycles. The van der Waals surface area contributed by atoms with Crippen molar-refractivity contribution < 1.29 is 36.2 Å². The summed E-state index contributed by atoms with van der Waals surface area (Å²) in [5, 5.41) is 23.3. The van der Waals surface area contributed by atoms with Gasteiger partial charge in [0.2, 0.25) is 0 Å². The van der Waals surface area contributed by atoms with Gasteiger partial charge in [-0.1, -0.05) is 11.6 Å². The lowest BCUT2D eigenvalue weighted by atomic mass is 10.1. The van der Waals surface area contributed by atoms with Gasteiger partial charge in [-0.3, -0.25) is 20.2 Å². The van der Waals surface area contributed by atoms with Gasteiger partial charge in [-0.25, -0.2) is 0 Å². The van der Waals surface area contributed by atoms with Crippen molar-refractivity contribution >= 4 is 82.1 Å². The summed E-state index contributed by atoms with van der Waals surface area (Å²) >= 11 is 13.9. The molecule has 0 unspecified atom stereocenters. The maximum absolute atomic E-state index is 13.5. The molecule has 0 aromatic heterocycles. The Morgan fingerprint density at radius 3 is 1.81 bits per heavy atom. The third-order valence-electron chi connectivity index (χ3n) is 3.61. The van der Waals surface area contributed by atoms with E-state index >= 15 is 0 Å². The van der Waals surface area contributed by atoms with Crippen LogP contribution in [0, 0.1) is 20.2 Å². The van der Waals surface area contributed by atoms with Gasteiger partial charge in [-0.2, -0.15) is 26.3 Å². The summed E-state index contributed by atoms with van der Waals surface area (Å²) in [4.78, 5) is 19.7. The van der Waals surface area contributed by atoms with Crippen LogP contribution in [0.3, 0.4) is 0 Å². The zero-order valence-corrected chi connectivity index (χ0v) is 19.5. The Bertz CT molecular complexity index is 1080. The van der Waals surface area contributed by atoms with Crippen molar-refractivity contribution in [1.29, 1.82) is 0 Å². The van der Waals surface area contributed by atoms with Crippen molar-refractivity contribution in [3.63, 3.8) is 0 Å². The summed E-state index contributed by atoms with van der Waals surface area (Å²) < 4.78 is 78.6. The van der Waals surface area contributed by atoms with E-state index < -0.39 is 74.5 Å². The fourth-order valence-corrected chi connectivity index (χ4v) is 4.62. The minimum atomic E-state index is -5.30. The van der Waals surface area contributed by atoms with Crippen LogP contribution >= 0.6 is 59.4 Å². The number of hydrogen-bond donors (Lipinski definition) is 1. The van der Waals surface area contributed by atoms with Crippen LogP contribution in [-0.4, -0.2) is 9.85 Å². The zero-order chi connectivity index (χ0) is 24.0. The van der Waals surface area contributed by atoms with Gasteiger partial charge in [0.25, 0.3) is 11.4 Å². The predicted octanol–water partition coefficient (Wildman–Crippen LogP) is 8.23. The largest absolute Gasteiger partial charge is 0.419 e. The number of halogens is 10. The summed E-state index contributed by atoms with van der Waals surface area (Å²) in [6, 6.07) is 0.331. The molecule has 7 nitrogen and oxygen atoms in total. The van der Waals surface area contributed by atoms with Crippen LogP contribution in [-0.2, 0) is 12.4 Å². The molecule has 2 aromatic rings. The van der Waals surface area contributed by atoms with E-state index in [1.165, 1.54) is 0 Å². The van der Waals surface area contributed by atoms with E-state index in [0.717, 1.165) is 0 Å². The van der Waals surface area contributed by atoms with Crippen molar-refractivity contribution in [3.05, 3.63) is 61.9 Å². The van der Waals surface area contributed by atoms with Gasteiger partial charge in [-0.05, 0) is 47.8 Å². The van der Waals surface area contributed by atoms with Gasteiger partial charge in [0.15, 0.2) is 0 Å². The first-order valence-corrected chi connectivity index (χ1v) is 9.98. The number of benzene rings is 2. The second-order valence-electron chi connectivity index (χ2n) is 5.53. The number of anilines is 2. The molecule has 0 atom stereocenters. The first-order valence-electron chi connectivity index (χ1n) is 7.22. The molecule has 2 rings (SSSR count). The molecule has 0 aliphatic heterocycles. The molecule has 17 heteroatoms. The Labute approximate surface area is 197 Å². The lowest BCUT2D eigenvalue weighted by molar-refractivity contribution is -0.394. The number of nitrogens with one attached hydrogen (secondary N) is 1. The number of nitro groups is 2. The number of nitro benzene ring substituents is 2. The molecule has 0 heterocycles. The topological polar surface area (TPSA) is 98.3 Å². The number of hydrogen-bond acceptors (Lipinski definition) is 5. The number of nitrogens with zero attached hydrogens (tertiary/aromatic N) is 2. The molecule has 0 fully saturated rings. The predicted molar refractivity (Wildman–Crippen MR) is 108 cm³/mol. The summed E-state index contributed by atoms with van der Waals surface area (Å²) in [6.07, 6.45) is -10.3. The number of non-ortho nitro benzene ring substituents is 1. The molecule has 0 spiro atoms. The van der Waals surface area contributed by atoms with Crippen LogP contribution in [0.4, 0.5) is 49.1 Å². The average molecular weight is 666 g/mol. The lowest BCUT2D eigenvalue weighted by Gasteiger charge is -2.20. The Morgan fingerprint density at radius 2 is 1.39 bits per heavy atom. The third-order valence-corrected chi connectivity index (χ3v) is 7.13. The fraction of sp³-hybridized carbons (Fsp3) is 0.143. The summed E-state index contributed by atoms with van der Waals surface area (Å²) in [5.41, 5.74) is -7.49. The van der Waals surface area contributed by atoms with Gasteiger partial charge in [0.1, 0.15) is 5.69 Å². The minimum Gasteiger partial charge on any atom is -0.347 e. The highest BCUT2D eigenvalue weighted by atomic mass is 79.9. The van der Waals surface area contributed by atoms with Gasteiger partial charge in [0.05, 0.1) is 46.7 Å². The Morgan fingerprint density at radius 1 is 0.839 bits per heavy atom. The molecule has 0 amide bonds. The van der Waals surface area contributed by atoms with Crippen LogP contribution in [0.1, 0.15) is 11.1 Å². The summed E-state index contributed by atoms with van der Waals surface area (Å²) in [5.74, 6) is 0. The molecule has 0 bridgehead atoms. The molecular formula is C14H3Br3ClF6N3O4. The number of rotatable bonds is 4. The van der Waals surface area contributed by atoms with E-state index in [0.29, 0.717) is 0 Å². The lowest BCUT2D eigenvalue weighted by Crippen LogP contribution is -2.13. The van der Waals surface area contributed by atoms with Crippen LogP contribution in [0.5, 0.6) is 0 Å². The van der Waals surface area contributed by atoms with Crippen LogP contribution < -0.4 is 5.32 Å². The normalized spacial score (nSPS) is 12.1. The second-order valence-corrected chi connectivity index (χ2v) is 8.29. The maximum atomic E-state index is 13.5. The minimum absolute atomic E-state index is 0.0535. The van der Waals surface area contributed by atoms with Crippen molar-refractivity contribution in [2.45, 2.75) is 12.4 Å².